The number of aryl methyl sites for hydroxylation is 1. The van der Waals surface area contributed by atoms with E-state index in [1.54, 1.807) is 25.2 Å². The van der Waals surface area contributed by atoms with Crippen molar-refractivity contribution in [3.63, 3.8) is 0 Å². The molecule has 0 aliphatic carbocycles. The zero-order valence-electron chi connectivity index (χ0n) is 20.5. The molecule has 0 fully saturated rings. The number of rotatable bonds is 2. The van der Waals surface area contributed by atoms with Gasteiger partial charge in [0.25, 0.3) is 0 Å². The Morgan fingerprint density at radius 2 is 1.91 bits per heavy atom. The third-order valence-corrected chi connectivity index (χ3v) is 7.09. The average molecular weight is 476 g/mol. The minimum Gasteiger partial charge on any atom is -0.457 e. The maximum absolute atomic E-state index is 12.8. The van der Waals surface area contributed by atoms with Crippen LogP contribution in [-0.2, 0) is 14.3 Å². The molecule has 0 radical (unpaired) electrons. The summed E-state index contributed by atoms with van der Waals surface area (Å²) >= 11 is 1.55. The number of esters is 1. The first-order chi connectivity index (χ1) is 15.4. The smallest absolute Gasteiger partial charge is 0.309 e. The van der Waals surface area contributed by atoms with Crippen molar-refractivity contribution < 1.29 is 24.5 Å². The summed E-state index contributed by atoms with van der Waals surface area (Å²) in [5.41, 5.74) is 1.50. The van der Waals surface area contributed by atoms with Gasteiger partial charge in [0.1, 0.15) is 11.9 Å². The second-order valence-electron chi connectivity index (χ2n) is 9.59. The third-order valence-electron chi connectivity index (χ3n) is 6.30. The molecule has 0 bridgehead atoms. The number of hydrogen-bond donors (Lipinski definition) is 2. The number of ether oxygens (including phenoxy) is 1. The van der Waals surface area contributed by atoms with Gasteiger partial charge >= 0.3 is 5.97 Å². The van der Waals surface area contributed by atoms with Gasteiger partial charge in [-0.15, -0.1) is 11.3 Å². The van der Waals surface area contributed by atoms with Gasteiger partial charge in [-0.25, -0.2) is 4.98 Å². The molecule has 1 aromatic rings. The molecule has 7 heteroatoms. The zero-order valence-corrected chi connectivity index (χ0v) is 21.3. The first-order valence-corrected chi connectivity index (χ1v) is 12.3. The Kier molecular flexibility index (Phi) is 9.76. The average Bonchev–Trinajstić information content (AvgIpc) is 3.14. The number of hydrogen-bond acceptors (Lipinski definition) is 7. The van der Waals surface area contributed by atoms with Crippen LogP contribution >= 0.6 is 11.3 Å². The number of Topliss-reactive ketones (excluding diaryl/α,β-unsaturated/α-hetero) is 1. The molecule has 2 heterocycles. The maximum atomic E-state index is 12.8. The highest BCUT2D eigenvalue weighted by Crippen LogP contribution is 2.29. The maximum Gasteiger partial charge on any atom is 0.309 e. The number of thiazole rings is 1. The molecule has 4 atom stereocenters. The van der Waals surface area contributed by atoms with Crippen molar-refractivity contribution in [1.82, 2.24) is 4.98 Å². The molecule has 1 aromatic heterocycles. The number of cyclic esters (lactones) is 1. The Morgan fingerprint density at radius 1 is 1.21 bits per heavy atom. The molecular weight excluding hydrogens is 438 g/mol. The first kappa shape index (κ1) is 27.2. The predicted octanol–water partition coefficient (Wildman–Crippen LogP) is 4.80. The van der Waals surface area contributed by atoms with Gasteiger partial charge < -0.3 is 14.9 Å². The minimum atomic E-state index is -1.21. The van der Waals surface area contributed by atoms with Crippen molar-refractivity contribution >= 4 is 29.2 Å². The Hall–Kier alpha value is -2.09. The van der Waals surface area contributed by atoms with Crippen LogP contribution in [0.1, 0.15) is 71.0 Å². The summed E-state index contributed by atoms with van der Waals surface area (Å²) in [6, 6.07) is 0. The normalized spacial score (nSPS) is 28.4. The fourth-order valence-electron chi connectivity index (χ4n) is 3.55. The predicted molar refractivity (Wildman–Crippen MR) is 132 cm³/mol. The summed E-state index contributed by atoms with van der Waals surface area (Å²) in [7, 11) is 0. The number of carbonyl (C=O) groups excluding carboxylic acids is 2. The minimum absolute atomic E-state index is 0.0690. The number of aliphatic hydroxyl groups excluding tert-OH is 2. The van der Waals surface area contributed by atoms with E-state index in [0.717, 1.165) is 21.8 Å². The topological polar surface area (TPSA) is 96.7 Å². The summed E-state index contributed by atoms with van der Waals surface area (Å²) in [5.74, 6) is -0.956. The van der Waals surface area contributed by atoms with E-state index in [1.165, 1.54) is 0 Å². The van der Waals surface area contributed by atoms with Crippen LogP contribution in [0.5, 0.6) is 0 Å². The summed E-state index contributed by atoms with van der Waals surface area (Å²) < 4.78 is 5.76. The fourth-order valence-corrected chi connectivity index (χ4v) is 4.12. The highest BCUT2D eigenvalue weighted by Gasteiger charge is 2.38. The van der Waals surface area contributed by atoms with E-state index in [-0.39, 0.29) is 24.5 Å². The molecule has 0 spiro atoms. The molecule has 182 valence electrons. The molecule has 0 amide bonds. The summed E-state index contributed by atoms with van der Waals surface area (Å²) in [5, 5.41) is 24.1. The molecule has 6 nitrogen and oxygen atoms in total. The van der Waals surface area contributed by atoms with Crippen LogP contribution in [0.25, 0.3) is 6.08 Å². The number of ketones is 1. The van der Waals surface area contributed by atoms with E-state index in [0.29, 0.717) is 12.8 Å². The monoisotopic (exact) mass is 475 g/mol. The van der Waals surface area contributed by atoms with Gasteiger partial charge in [0.15, 0.2) is 0 Å². The number of allylic oxidation sites excluding steroid dienone is 3. The second-order valence-corrected chi connectivity index (χ2v) is 10.7. The van der Waals surface area contributed by atoms with Gasteiger partial charge in [0.05, 0.1) is 29.3 Å². The highest BCUT2D eigenvalue weighted by atomic mass is 32.1. The molecule has 33 heavy (non-hydrogen) atoms. The van der Waals surface area contributed by atoms with E-state index >= 15 is 0 Å². The molecule has 1 aliphatic rings. The van der Waals surface area contributed by atoms with Gasteiger partial charge in [-0.2, -0.15) is 0 Å². The number of aromatic nitrogens is 1. The molecular formula is C26H37NO5S. The molecule has 4 unspecified atom stereocenters. The Morgan fingerprint density at radius 3 is 2.55 bits per heavy atom. The molecule has 0 saturated carbocycles. The summed E-state index contributed by atoms with van der Waals surface area (Å²) in [6.45, 7) is 10.9. The number of nitrogens with zero attached hydrogens (tertiary/aromatic N) is 1. The zero-order chi connectivity index (χ0) is 24.8. The Bertz CT molecular complexity index is 927. The van der Waals surface area contributed by atoms with Crippen molar-refractivity contribution in [3.8, 4) is 0 Å². The van der Waals surface area contributed by atoms with Gasteiger partial charge in [-0.3, -0.25) is 9.59 Å². The van der Waals surface area contributed by atoms with E-state index in [9.17, 15) is 19.8 Å². The lowest BCUT2D eigenvalue weighted by Gasteiger charge is -2.31. The Labute approximate surface area is 201 Å². The van der Waals surface area contributed by atoms with Gasteiger partial charge in [0.2, 0.25) is 0 Å². The largest absolute Gasteiger partial charge is 0.457 e. The third kappa shape index (κ3) is 8.02. The van der Waals surface area contributed by atoms with Crippen molar-refractivity contribution in [3.05, 3.63) is 45.5 Å². The van der Waals surface area contributed by atoms with Crippen molar-refractivity contribution in [2.24, 2.45) is 11.3 Å². The summed E-state index contributed by atoms with van der Waals surface area (Å²) in [6.07, 6.45) is 6.08. The van der Waals surface area contributed by atoms with Gasteiger partial charge in [-0.05, 0) is 44.8 Å². The molecule has 1 aliphatic heterocycles. The lowest BCUT2D eigenvalue weighted by atomic mass is 9.77. The van der Waals surface area contributed by atoms with Crippen molar-refractivity contribution in [1.29, 1.82) is 0 Å². The van der Waals surface area contributed by atoms with Crippen LogP contribution in [0.4, 0.5) is 0 Å². The Balaban J connectivity index is 2.34. The van der Waals surface area contributed by atoms with E-state index in [2.05, 4.69) is 4.98 Å². The molecule has 0 saturated heterocycles. The quantitative estimate of drug-likeness (QED) is 0.597. The number of aliphatic hydroxyl groups is 2. The SMILES string of the molecule is CC1=CCC(C(C)=Cc2csc(C)n2)OC(=O)CC(O)C(C)(C)C(=O)CC(O)C(C)CC=C1. The first-order valence-electron chi connectivity index (χ1n) is 11.4. The summed E-state index contributed by atoms with van der Waals surface area (Å²) in [4.78, 5) is 30.0. The molecule has 2 rings (SSSR count). The van der Waals surface area contributed by atoms with E-state index < -0.39 is 29.7 Å². The number of carbonyl (C=O) groups is 2. The lowest BCUT2D eigenvalue weighted by molar-refractivity contribution is -0.153. The van der Waals surface area contributed by atoms with Crippen molar-refractivity contribution in [2.75, 3.05) is 0 Å². The van der Waals surface area contributed by atoms with Gasteiger partial charge in [0, 0.05) is 23.6 Å². The standard InChI is InChI=1S/C26H37NO5S/c1-16-8-7-9-17(2)21(28)13-23(29)26(5,6)24(30)14-25(31)32-22(11-10-16)18(3)12-20-15-33-19(4)27-20/h7-8,10,12,15,17,21-22,24,28,30H,9,11,13-14H2,1-6H3. The second kappa shape index (κ2) is 11.9. The lowest BCUT2D eigenvalue weighted by Crippen LogP contribution is -2.41. The van der Waals surface area contributed by atoms with Crippen LogP contribution in [0.2, 0.25) is 0 Å². The van der Waals surface area contributed by atoms with Crippen molar-refractivity contribution in [2.45, 2.75) is 85.5 Å². The van der Waals surface area contributed by atoms with E-state index in [1.807, 2.05) is 57.4 Å². The fraction of sp³-hybridized carbons (Fsp3) is 0.577. The van der Waals surface area contributed by atoms with Crippen LogP contribution < -0.4 is 0 Å². The van der Waals surface area contributed by atoms with Crippen LogP contribution in [0.15, 0.2) is 34.8 Å². The van der Waals surface area contributed by atoms with E-state index in [4.69, 9.17) is 4.74 Å². The van der Waals surface area contributed by atoms with Crippen LogP contribution in [0.3, 0.4) is 0 Å². The highest BCUT2D eigenvalue weighted by molar-refractivity contribution is 7.09. The molecule has 0 aromatic carbocycles. The van der Waals surface area contributed by atoms with Crippen LogP contribution in [0, 0.1) is 18.3 Å². The molecule has 2 N–H and O–H groups in total. The van der Waals surface area contributed by atoms with Crippen LogP contribution in [-0.4, -0.2) is 45.3 Å². The van der Waals surface area contributed by atoms with Gasteiger partial charge in [-0.1, -0.05) is 44.6 Å².